The van der Waals surface area contributed by atoms with E-state index < -0.39 is 42.2 Å². The normalized spacial score (nSPS) is 18.6. The van der Waals surface area contributed by atoms with Gasteiger partial charge in [-0.2, -0.15) is 26.3 Å². The third kappa shape index (κ3) is 5.36. The van der Waals surface area contributed by atoms with E-state index in [1.807, 2.05) is 0 Å². The predicted octanol–water partition coefficient (Wildman–Crippen LogP) is 2.87. The van der Waals surface area contributed by atoms with Crippen molar-refractivity contribution in [3.8, 4) is 0 Å². The van der Waals surface area contributed by atoms with E-state index >= 15 is 0 Å². The Morgan fingerprint density at radius 1 is 1.16 bits per heavy atom. The third-order valence-corrected chi connectivity index (χ3v) is 3.62. The average molecular weight is 368 g/mol. The lowest BCUT2D eigenvalue weighted by atomic mass is 10.1. The second-order valence-electron chi connectivity index (χ2n) is 5.69. The highest BCUT2D eigenvalue weighted by Gasteiger charge is 2.37. The number of hydrogen-bond acceptors (Lipinski definition) is 2. The van der Waals surface area contributed by atoms with E-state index in [-0.39, 0.29) is 25.1 Å². The Morgan fingerprint density at radius 2 is 1.80 bits per heavy atom. The average Bonchev–Trinajstić information content (AvgIpc) is 2.75. The maximum atomic E-state index is 13.0. The molecule has 0 aromatic heterocycles. The van der Waals surface area contributed by atoms with Gasteiger partial charge in [-0.3, -0.25) is 9.59 Å². The lowest BCUT2D eigenvalue weighted by Gasteiger charge is -2.20. The van der Waals surface area contributed by atoms with E-state index in [4.69, 9.17) is 0 Å². The van der Waals surface area contributed by atoms with Crippen LogP contribution in [0.15, 0.2) is 24.3 Å². The first kappa shape index (κ1) is 19.1. The van der Waals surface area contributed by atoms with Gasteiger partial charge in [-0.1, -0.05) is 18.2 Å². The van der Waals surface area contributed by atoms with E-state index in [1.54, 1.807) is 0 Å². The van der Waals surface area contributed by atoms with Gasteiger partial charge in [0.05, 0.1) is 11.6 Å². The molecule has 0 radical (unpaired) electrons. The van der Waals surface area contributed by atoms with Crippen molar-refractivity contribution in [2.24, 2.45) is 0 Å². The minimum Gasteiger partial charge on any atom is -0.351 e. The molecule has 1 N–H and O–H groups in total. The molecule has 4 nitrogen and oxygen atoms in total. The van der Waals surface area contributed by atoms with Gasteiger partial charge in [0.2, 0.25) is 11.8 Å². The summed E-state index contributed by atoms with van der Waals surface area (Å²) in [5.41, 5.74) is -1.00. The Labute approximate surface area is 138 Å². The zero-order valence-corrected chi connectivity index (χ0v) is 12.7. The van der Waals surface area contributed by atoms with Gasteiger partial charge < -0.3 is 10.2 Å². The molecule has 0 bridgehead atoms. The molecular formula is C15H14F6N2O2. The SMILES string of the molecule is O=C(CC(F)(F)F)N[C@@H]1CC(=O)N(Cc2ccccc2C(F)(F)F)C1. The Balaban J connectivity index is 2.02. The second-order valence-corrected chi connectivity index (χ2v) is 5.69. The van der Waals surface area contributed by atoms with Gasteiger partial charge >= 0.3 is 12.4 Å². The molecule has 2 amide bonds. The molecule has 1 aliphatic heterocycles. The number of nitrogens with zero attached hydrogens (tertiary/aromatic N) is 1. The summed E-state index contributed by atoms with van der Waals surface area (Å²) in [5.74, 6) is -1.81. The Hall–Kier alpha value is -2.26. The number of benzene rings is 1. The lowest BCUT2D eigenvalue weighted by molar-refractivity contribution is -0.154. The standard InChI is InChI=1S/C15H14F6N2O2/c16-14(17,18)6-12(24)22-10-5-13(25)23(8-10)7-9-3-1-2-4-11(9)15(19,20)21/h1-4,10H,5-8H2,(H,22,24)/t10-/m1/s1. The van der Waals surface area contributed by atoms with E-state index in [0.29, 0.717) is 0 Å². The van der Waals surface area contributed by atoms with Gasteiger partial charge in [0.1, 0.15) is 6.42 Å². The summed E-state index contributed by atoms with van der Waals surface area (Å²) in [5, 5.41) is 2.08. The Bertz CT molecular complexity index is 656. The summed E-state index contributed by atoms with van der Waals surface area (Å²) in [6.45, 7) is -0.477. The first-order chi connectivity index (χ1) is 11.5. The van der Waals surface area contributed by atoms with Crippen LogP contribution >= 0.6 is 0 Å². The van der Waals surface area contributed by atoms with Gasteiger partial charge in [0.15, 0.2) is 0 Å². The molecule has 138 valence electrons. The molecule has 0 unspecified atom stereocenters. The van der Waals surface area contributed by atoms with Crippen molar-refractivity contribution >= 4 is 11.8 Å². The van der Waals surface area contributed by atoms with Crippen LogP contribution in [0.3, 0.4) is 0 Å². The molecule has 25 heavy (non-hydrogen) atoms. The number of alkyl halides is 6. The molecule has 1 aromatic carbocycles. The molecule has 1 fully saturated rings. The van der Waals surface area contributed by atoms with Crippen molar-refractivity contribution in [2.45, 2.75) is 37.8 Å². The highest BCUT2D eigenvalue weighted by atomic mass is 19.4. The smallest absolute Gasteiger partial charge is 0.351 e. The van der Waals surface area contributed by atoms with Gasteiger partial charge in [0.25, 0.3) is 0 Å². The highest BCUT2D eigenvalue weighted by molar-refractivity contribution is 5.82. The zero-order valence-electron chi connectivity index (χ0n) is 12.7. The fourth-order valence-electron chi connectivity index (χ4n) is 2.62. The predicted molar refractivity (Wildman–Crippen MR) is 74.1 cm³/mol. The molecule has 1 atom stereocenters. The second kappa shape index (κ2) is 6.93. The van der Waals surface area contributed by atoms with Crippen molar-refractivity contribution < 1.29 is 35.9 Å². The van der Waals surface area contributed by atoms with Crippen LogP contribution in [-0.4, -0.2) is 35.5 Å². The van der Waals surface area contributed by atoms with Crippen LogP contribution < -0.4 is 5.32 Å². The number of hydrogen-bond donors (Lipinski definition) is 1. The molecule has 1 aromatic rings. The number of carbonyl (C=O) groups is 2. The van der Waals surface area contributed by atoms with E-state index in [2.05, 4.69) is 5.32 Å². The van der Waals surface area contributed by atoms with Crippen LogP contribution in [0.25, 0.3) is 0 Å². The lowest BCUT2D eigenvalue weighted by Crippen LogP contribution is -2.39. The number of likely N-dealkylation sites (tertiary alicyclic amines) is 1. The van der Waals surface area contributed by atoms with Gasteiger partial charge in [-0.05, 0) is 11.6 Å². The summed E-state index contributed by atoms with van der Waals surface area (Å²) in [7, 11) is 0. The topological polar surface area (TPSA) is 49.4 Å². The monoisotopic (exact) mass is 368 g/mol. The van der Waals surface area contributed by atoms with Crippen molar-refractivity contribution in [1.29, 1.82) is 0 Å². The van der Waals surface area contributed by atoms with E-state index in [1.165, 1.54) is 18.2 Å². The van der Waals surface area contributed by atoms with Crippen LogP contribution in [0.1, 0.15) is 24.0 Å². The fraction of sp³-hybridized carbons (Fsp3) is 0.467. The van der Waals surface area contributed by atoms with Gasteiger partial charge in [0, 0.05) is 19.5 Å². The number of rotatable bonds is 4. The zero-order chi connectivity index (χ0) is 18.8. The Morgan fingerprint density at radius 3 is 2.40 bits per heavy atom. The first-order valence-corrected chi connectivity index (χ1v) is 7.24. The minimum atomic E-state index is -4.67. The summed E-state index contributed by atoms with van der Waals surface area (Å²) >= 11 is 0. The van der Waals surface area contributed by atoms with Crippen molar-refractivity contribution in [3.05, 3.63) is 35.4 Å². The summed E-state index contributed by atoms with van der Waals surface area (Å²) in [6.07, 6.45) is -11.2. The van der Waals surface area contributed by atoms with Gasteiger partial charge in [-0.15, -0.1) is 0 Å². The fourth-order valence-corrected chi connectivity index (χ4v) is 2.62. The molecule has 0 aliphatic carbocycles. The summed E-state index contributed by atoms with van der Waals surface area (Å²) in [4.78, 5) is 24.2. The first-order valence-electron chi connectivity index (χ1n) is 7.24. The molecule has 0 spiro atoms. The Kier molecular flexibility index (Phi) is 5.28. The van der Waals surface area contributed by atoms with Crippen LogP contribution in [0, 0.1) is 0 Å². The van der Waals surface area contributed by atoms with E-state index in [9.17, 15) is 35.9 Å². The minimum absolute atomic E-state index is 0.120. The van der Waals surface area contributed by atoms with Crippen molar-refractivity contribution in [2.75, 3.05) is 6.54 Å². The van der Waals surface area contributed by atoms with E-state index in [0.717, 1.165) is 11.0 Å². The molecular weight excluding hydrogens is 354 g/mol. The third-order valence-electron chi connectivity index (χ3n) is 3.62. The maximum Gasteiger partial charge on any atom is 0.416 e. The number of nitrogens with one attached hydrogen (secondary N) is 1. The van der Waals surface area contributed by atoms with Crippen molar-refractivity contribution in [1.82, 2.24) is 10.2 Å². The molecule has 0 saturated carbocycles. The molecule has 10 heteroatoms. The highest BCUT2D eigenvalue weighted by Crippen LogP contribution is 2.33. The maximum absolute atomic E-state index is 13.0. The quantitative estimate of drug-likeness (QED) is 0.831. The number of halogens is 6. The summed E-state index contributed by atoms with van der Waals surface area (Å²) in [6, 6.07) is 3.87. The van der Waals surface area contributed by atoms with Crippen LogP contribution in [0.4, 0.5) is 26.3 Å². The van der Waals surface area contributed by atoms with Crippen LogP contribution in [0.5, 0.6) is 0 Å². The van der Waals surface area contributed by atoms with Crippen molar-refractivity contribution in [3.63, 3.8) is 0 Å². The molecule has 1 heterocycles. The van der Waals surface area contributed by atoms with Crippen LogP contribution in [-0.2, 0) is 22.3 Å². The summed E-state index contributed by atoms with van der Waals surface area (Å²) < 4.78 is 75.3. The van der Waals surface area contributed by atoms with Gasteiger partial charge in [-0.25, -0.2) is 0 Å². The molecule has 1 saturated heterocycles. The number of amides is 2. The largest absolute Gasteiger partial charge is 0.416 e. The molecule has 2 rings (SSSR count). The van der Waals surface area contributed by atoms with Crippen LogP contribution in [0.2, 0.25) is 0 Å². The molecule has 1 aliphatic rings. The number of carbonyl (C=O) groups excluding carboxylic acids is 2.